The number of ether oxygens (including phenoxy) is 1. The van der Waals surface area contributed by atoms with Crippen molar-refractivity contribution in [2.75, 3.05) is 25.5 Å². The molecule has 2 aromatic heterocycles. The van der Waals surface area contributed by atoms with Crippen LogP contribution >= 0.6 is 11.3 Å². The zero-order valence-electron chi connectivity index (χ0n) is 19.0. The van der Waals surface area contributed by atoms with Crippen molar-refractivity contribution in [3.8, 4) is 5.75 Å². The second kappa shape index (κ2) is 9.32. The molecule has 1 N–H and O–H groups in total. The van der Waals surface area contributed by atoms with Crippen LogP contribution in [0.4, 0.5) is 10.9 Å². The molecule has 1 aliphatic heterocycles. The van der Waals surface area contributed by atoms with E-state index in [1.807, 2.05) is 18.5 Å². The van der Waals surface area contributed by atoms with E-state index < -0.39 is 0 Å². The summed E-state index contributed by atoms with van der Waals surface area (Å²) < 4.78 is 5.53. The van der Waals surface area contributed by atoms with Crippen LogP contribution in [0, 0.1) is 27.7 Å². The monoisotopic (exact) mass is 437 g/mol. The maximum absolute atomic E-state index is 5.53. The first-order valence-electron chi connectivity index (χ1n) is 10.8. The maximum atomic E-state index is 5.53. The molecule has 0 radical (unpaired) electrons. The number of piperidine rings is 1. The molecule has 0 amide bonds. The average molecular weight is 438 g/mol. The lowest BCUT2D eigenvalue weighted by atomic mass is 9.92. The SMILES string of the molecule is COc1cc(C)c(CN2CCC(c3cncc(Nc4nc(C)cs4)n3)CC2)c(C)c1C. The molecular weight excluding hydrogens is 406 g/mol. The molecule has 1 saturated heterocycles. The first kappa shape index (κ1) is 21.7. The van der Waals surface area contributed by atoms with Crippen molar-refractivity contribution in [1.29, 1.82) is 0 Å². The van der Waals surface area contributed by atoms with Gasteiger partial charge in [0.15, 0.2) is 10.9 Å². The fourth-order valence-electron chi connectivity index (χ4n) is 4.32. The van der Waals surface area contributed by atoms with E-state index in [-0.39, 0.29) is 0 Å². The van der Waals surface area contributed by atoms with E-state index in [2.05, 4.69) is 47.0 Å². The normalized spacial score (nSPS) is 15.3. The summed E-state index contributed by atoms with van der Waals surface area (Å²) in [6.45, 7) is 11.7. The van der Waals surface area contributed by atoms with E-state index in [4.69, 9.17) is 9.72 Å². The number of nitrogens with one attached hydrogen (secondary N) is 1. The average Bonchev–Trinajstić information content (AvgIpc) is 3.19. The molecule has 0 aliphatic carbocycles. The third-order valence-corrected chi connectivity index (χ3v) is 7.20. The van der Waals surface area contributed by atoms with E-state index >= 15 is 0 Å². The Labute approximate surface area is 188 Å². The highest BCUT2D eigenvalue weighted by atomic mass is 32.1. The van der Waals surface area contributed by atoms with Crippen molar-refractivity contribution >= 4 is 22.3 Å². The zero-order chi connectivity index (χ0) is 22.0. The van der Waals surface area contributed by atoms with Crippen LogP contribution in [-0.2, 0) is 6.54 Å². The summed E-state index contributed by atoms with van der Waals surface area (Å²) in [6.07, 6.45) is 5.89. The van der Waals surface area contributed by atoms with Gasteiger partial charge in [0.2, 0.25) is 0 Å². The number of aromatic nitrogens is 3. The summed E-state index contributed by atoms with van der Waals surface area (Å²) in [5, 5.41) is 6.18. The maximum Gasteiger partial charge on any atom is 0.188 e. The molecule has 7 heteroatoms. The van der Waals surface area contributed by atoms with Gasteiger partial charge >= 0.3 is 0 Å². The summed E-state index contributed by atoms with van der Waals surface area (Å²) >= 11 is 1.59. The van der Waals surface area contributed by atoms with Crippen molar-refractivity contribution in [3.05, 3.63) is 57.5 Å². The molecule has 0 bridgehead atoms. The van der Waals surface area contributed by atoms with Gasteiger partial charge in [-0.15, -0.1) is 11.3 Å². The number of nitrogens with zero attached hydrogens (tertiary/aromatic N) is 4. The number of thiazole rings is 1. The summed E-state index contributed by atoms with van der Waals surface area (Å²) in [7, 11) is 1.75. The molecule has 6 nitrogen and oxygen atoms in total. The van der Waals surface area contributed by atoms with Gasteiger partial charge in [0, 0.05) is 24.0 Å². The van der Waals surface area contributed by atoms with Crippen molar-refractivity contribution in [2.24, 2.45) is 0 Å². The number of aryl methyl sites for hydroxylation is 2. The number of anilines is 2. The lowest BCUT2D eigenvalue weighted by Gasteiger charge is -2.32. The highest BCUT2D eigenvalue weighted by Crippen LogP contribution is 2.32. The Morgan fingerprint density at radius 3 is 2.55 bits per heavy atom. The van der Waals surface area contributed by atoms with E-state index in [0.717, 1.165) is 60.6 Å². The molecule has 4 rings (SSSR count). The first-order chi connectivity index (χ1) is 14.9. The van der Waals surface area contributed by atoms with Crippen molar-refractivity contribution in [3.63, 3.8) is 0 Å². The molecule has 0 atom stereocenters. The van der Waals surface area contributed by atoms with Crippen molar-refractivity contribution in [1.82, 2.24) is 19.9 Å². The Morgan fingerprint density at radius 1 is 1.10 bits per heavy atom. The van der Waals surface area contributed by atoms with Gasteiger partial charge in [0.25, 0.3) is 0 Å². The molecule has 0 saturated carbocycles. The molecule has 1 aromatic carbocycles. The lowest BCUT2D eigenvalue weighted by Crippen LogP contribution is -2.33. The molecular formula is C24H31N5OS. The smallest absolute Gasteiger partial charge is 0.188 e. The highest BCUT2D eigenvalue weighted by Gasteiger charge is 2.23. The number of hydrogen-bond donors (Lipinski definition) is 1. The van der Waals surface area contributed by atoms with Crippen LogP contribution in [0.15, 0.2) is 23.8 Å². The van der Waals surface area contributed by atoms with E-state index in [0.29, 0.717) is 5.92 Å². The van der Waals surface area contributed by atoms with Gasteiger partial charge in [-0.1, -0.05) is 0 Å². The van der Waals surface area contributed by atoms with Gasteiger partial charge in [-0.3, -0.25) is 9.88 Å². The van der Waals surface area contributed by atoms with Gasteiger partial charge in [0.05, 0.1) is 24.7 Å². The van der Waals surface area contributed by atoms with E-state index in [1.165, 1.54) is 22.3 Å². The molecule has 1 fully saturated rings. The standard InChI is InChI=1S/C24H31N5OS/c1-15-10-22(30-5)18(4)17(3)20(15)13-29-8-6-19(7-9-29)21-11-25-12-23(27-21)28-24-26-16(2)14-31-24/h10-12,14,19H,6-9,13H2,1-5H3,(H,26,27,28). The van der Waals surface area contributed by atoms with Crippen LogP contribution in [0.1, 0.15) is 52.4 Å². The fraction of sp³-hybridized carbons (Fsp3) is 0.458. The molecule has 0 spiro atoms. The zero-order valence-corrected chi connectivity index (χ0v) is 19.8. The number of benzene rings is 1. The van der Waals surface area contributed by atoms with E-state index in [1.54, 1.807) is 24.6 Å². The highest BCUT2D eigenvalue weighted by molar-refractivity contribution is 7.13. The molecule has 0 unspecified atom stereocenters. The van der Waals surface area contributed by atoms with E-state index in [9.17, 15) is 0 Å². The Hall–Kier alpha value is -2.51. The van der Waals surface area contributed by atoms with Crippen LogP contribution < -0.4 is 10.1 Å². The van der Waals surface area contributed by atoms with Gasteiger partial charge in [-0.2, -0.15) is 0 Å². The number of likely N-dealkylation sites (tertiary alicyclic amines) is 1. The van der Waals surface area contributed by atoms with Gasteiger partial charge in [-0.05, 0) is 81.9 Å². The number of hydrogen-bond acceptors (Lipinski definition) is 7. The number of methoxy groups -OCH3 is 1. The second-order valence-electron chi connectivity index (χ2n) is 8.42. The Kier molecular flexibility index (Phi) is 6.53. The van der Waals surface area contributed by atoms with Gasteiger partial charge < -0.3 is 10.1 Å². The first-order valence-corrected chi connectivity index (χ1v) is 11.7. The molecule has 3 aromatic rings. The van der Waals surface area contributed by atoms with Crippen molar-refractivity contribution in [2.45, 2.75) is 53.0 Å². The predicted molar refractivity (Wildman–Crippen MR) is 127 cm³/mol. The molecule has 3 heterocycles. The third kappa shape index (κ3) is 4.88. The van der Waals surface area contributed by atoms with Crippen molar-refractivity contribution < 1.29 is 4.74 Å². The summed E-state index contributed by atoms with van der Waals surface area (Å²) in [4.78, 5) is 16.3. The summed E-state index contributed by atoms with van der Waals surface area (Å²) in [5.41, 5.74) is 7.42. The molecule has 1 aliphatic rings. The fourth-order valence-corrected chi connectivity index (χ4v) is 5.02. The van der Waals surface area contributed by atoms with Crippen LogP contribution in [0.3, 0.4) is 0 Å². The van der Waals surface area contributed by atoms with Crippen LogP contribution in [-0.4, -0.2) is 40.1 Å². The third-order valence-electron chi connectivity index (χ3n) is 6.32. The summed E-state index contributed by atoms with van der Waals surface area (Å²) in [6, 6.07) is 2.17. The van der Waals surface area contributed by atoms with Crippen LogP contribution in [0.5, 0.6) is 5.75 Å². The Bertz CT molecular complexity index is 1060. The minimum absolute atomic E-state index is 0.448. The topological polar surface area (TPSA) is 63.2 Å². The van der Waals surface area contributed by atoms with Gasteiger partial charge in [0.1, 0.15) is 5.75 Å². The minimum atomic E-state index is 0.448. The quantitative estimate of drug-likeness (QED) is 0.565. The Balaban J connectivity index is 1.39. The molecule has 164 valence electrons. The lowest BCUT2D eigenvalue weighted by molar-refractivity contribution is 0.202. The van der Waals surface area contributed by atoms with Crippen LogP contribution in [0.2, 0.25) is 0 Å². The Morgan fingerprint density at radius 2 is 1.87 bits per heavy atom. The minimum Gasteiger partial charge on any atom is -0.496 e. The second-order valence-corrected chi connectivity index (χ2v) is 9.28. The van der Waals surface area contributed by atoms with Crippen LogP contribution in [0.25, 0.3) is 0 Å². The number of rotatable bonds is 6. The van der Waals surface area contributed by atoms with Gasteiger partial charge in [-0.25, -0.2) is 9.97 Å². The predicted octanol–water partition coefficient (Wildman–Crippen LogP) is 5.30. The summed E-state index contributed by atoms with van der Waals surface area (Å²) in [5.74, 6) is 2.20. The largest absolute Gasteiger partial charge is 0.496 e. The molecule has 31 heavy (non-hydrogen) atoms.